The van der Waals surface area contributed by atoms with Crippen molar-refractivity contribution in [2.45, 2.75) is 43.8 Å². The first kappa shape index (κ1) is 16.7. The van der Waals surface area contributed by atoms with E-state index < -0.39 is 10.0 Å². The highest BCUT2D eigenvalue weighted by Gasteiger charge is 2.40. The van der Waals surface area contributed by atoms with Gasteiger partial charge in [-0.3, -0.25) is 4.68 Å². The summed E-state index contributed by atoms with van der Waals surface area (Å²) < 4.78 is 29.2. The van der Waals surface area contributed by atoms with Crippen LogP contribution in [-0.4, -0.2) is 48.2 Å². The number of aromatic nitrogens is 2. The third kappa shape index (κ3) is 3.11. The first-order chi connectivity index (χ1) is 9.63. The molecule has 0 unspecified atom stereocenters. The predicted molar refractivity (Wildman–Crippen MR) is 83.0 cm³/mol. The highest BCUT2D eigenvalue weighted by molar-refractivity contribution is 7.89. The Hall–Kier alpha value is -0.630. The normalized spacial score (nSPS) is 26.3. The van der Waals surface area contributed by atoms with E-state index in [1.807, 2.05) is 6.92 Å². The van der Waals surface area contributed by atoms with Crippen LogP contribution in [0, 0.1) is 5.92 Å². The topological polar surface area (TPSA) is 67.2 Å². The van der Waals surface area contributed by atoms with Crippen molar-refractivity contribution in [2.75, 3.05) is 19.6 Å². The zero-order chi connectivity index (χ0) is 14.2. The van der Waals surface area contributed by atoms with Gasteiger partial charge in [-0.05, 0) is 37.8 Å². The number of piperidine rings is 1. The highest BCUT2D eigenvalue weighted by atomic mass is 35.5. The number of rotatable bonds is 4. The molecule has 4 heterocycles. The molecule has 0 saturated carbocycles. The van der Waals surface area contributed by atoms with Gasteiger partial charge in [-0.15, -0.1) is 12.4 Å². The molecule has 21 heavy (non-hydrogen) atoms. The van der Waals surface area contributed by atoms with Crippen LogP contribution in [0.2, 0.25) is 0 Å². The van der Waals surface area contributed by atoms with Crippen molar-refractivity contribution >= 4 is 22.4 Å². The molecule has 0 aliphatic carbocycles. The first-order valence-electron chi connectivity index (χ1n) is 7.37. The third-order valence-electron chi connectivity index (χ3n) is 4.25. The maximum Gasteiger partial charge on any atom is 0.260 e. The van der Waals surface area contributed by atoms with Crippen LogP contribution >= 0.6 is 12.4 Å². The molecule has 2 bridgehead atoms. The second kappa shape index (κ2) is 6.64. The Bertz CT molecular complexity index is 570. The lowest BCUT2D eigenvalue weighted by molar-refractivity contribution is 0.229. The van der Waals surface area contributed by atoms with E-state index >= 15 is 0 Å². The summed E-state index contributed by atoms with van der Waals surface area (Å²) in [5, 5.41) is 7.86. The molecule has 120 valence electrons. The smallest absolute Gasteiger partial charge is 0.260 e. The van der Waals surface area contributed by atoms with Crippen molar-refractivity contribution in [1.82, 2.24) is 19.4 Å². The Morgan fingerprint density at radius 1 is 1.38 bits per heavy atom. The van der Waals surface area contributed by atoms with Gasteiger partial charge in [0.1, 0.15) is 0 Å². The molecule has 0 radical (unpaired) electrons. The van der Waals surface area contributed by atoms with Gasteiger partial charge in [-0.25, -0.2) is 8.42 Å². The Morgan fingerprint density at radius 2 is 2.19 bits per heavy atom. The van der Waals surface area contributed by atoms with Gasteiger partial charge in [-0.2, -0.15) is 9.40 Å². The molecule has 0 aromatic carbocycles. The SMILES string of the molecule is CCCn1nccc1S(=O)(=O)N1C[C@@H]2CC[C@H]1CNC2.Cl. The molecular weight excluding hydrogens is 312 g/mol. The minimum absolute atomic E-state index is 0. The van der Waals surface area contributed by atoms with Crippen LogP contribution in [-0.2, 0) is 16.6 Å². The summed E-state index contributed by atoms with van der Waals surface area (Å²) in [6.07, 6.45) is 4.53. The summed E-state index contributed by atoms with van der Waals surface area (Å²) in [4.78, 5) is 0. The van der Waals surface area contributed by atoms with Crippen molar-refractivity contribution in [3.05, 3.63) is 12.3 Å². The van der Waals surface area contributed by atoms with E-state index in [-0.39, 0.29) is 18.4 Å². The average Bonchev–Trinajstić information content (AvgIpc) is 2.68. The fourth-order valence-electron chi connectivity index (χ4n) is 3.23. The molecule has 3 fully saturated rings. The summed E-state index contributed by atoms with van der Waals surface area (Å²) in [5.41, 5.74) is 0. The van der Waals surface area contributed by atoms with Crippen LogP contribution in [0.25, 0.3) is 0 Å². The van der Waals surface area contributed by atoms with Gasteiger partial charge >= 0.3 is 0 Å². The number of aryl methyl sites for hydroxylation is 1. The summed E-state index contributed by atoms with van der Waals surface area (Å²) in [6.45, 7) is 4.99. The Kier molecular flexibility index (Phi) is 5.29. The lowest BCUT2D eigenvalue weighted by Gasteiger charge is -2.34. The van der Waals surface area contributed by atoms with Gasteiger partial charge in [0, 0.05) is 25.7 Å². The molecule has 4 rings (SSSR count). The lowest BCUT2D eigenvalue weighted by atomic mass is 9.97. The van der Waals surface area contributed by atoms with Gasteiger partial charge in [0.05, 0.1) is 6.20 Å². The number of nitrogens with one attached hydrogen (secondary N) is 1. The first-order valence-corrected chi connectivity index (χ1v) is 8.81. The third-order valence-corrected chi connectivity index (χ3v) is 6.19. The minimum Gasteiger partial charge on any atom is -0.315 e. The molecule has 0 amide bonds. The number of hydrogen-bond donors (Lipinski definition) is 1. The van der Waals surface area contributed by atoms with Gasteiger partial charge in [-0.1, -0.05) is 6.92 Å². The molecule has 0 spiro atoms. The number of nitrogens with zero attached hydrogens (tertiary/aromatic N) is 3. The Morgan fingerprint density at radius 3 is 2.95 bits per heavy atom. The van der Waals surface area contributed by atoms with E-state index in [4.69, 9.17) is 0 Å². The standard InChI is InChI=1S/C13H22N4O2S.ClH/c1-2-7-16-13(5-6-15-16)20(18,19)17-10-11-3-4-12(17)9-14-8-11;/h5-6,11-12,14H,2-4,7-10H2,1H3;1H/t11-,12+;/m1./s1. The Labute approximate surface area is 132 Å². The van der Waals surface area contributed by atoms with Crippen molar-refractivity contribution in [3.8, 4) is 0 Å². The largest absolute Gasteiger partial charge is 0.315 e. The van der Waals surface area contributed by atoms with Crippen LogP contribution < -0.4 is 5.32 Å². The van der Waals surface area contributed by atoms with E-state index in [2.05, 4.69) is 10.4 Å². The second-order valence-corrected chi connectivity index (χ2v) is 7.56. The Balaban J connectivity index is 0.00000161. The molecular formula is C13H23ClN4O2S. The van der Waals surface area contributed by atoms with E-state index in [1.54, 1.807) is 21.3 Å². The maximum absolute atomic E-state index is 12.9. The van der Waals surface area contributed by atoms with Crippen LogP contribution in [0.5, 0.6) is 0 Å². The quantitative estimate of drug-likeness (QED) is 0.895. The molecule has 1 N–H and O–H groups in total. The van der Waals surface area contributed by atoms with Gasteiger partial charge in [0.25, 0.3) is 10.0 Å². The van der Waals surface area contributed by atoms with Crippen molar-refractivity contribution in [3.63, 3.8) is 0 Å². The summed E-state index contributed by atoms with van der Waals surface area (Å²) in [5.74, 6) is 0.436. The number of sulfonamides is 1. The van der Waals surface area contributed by atoms with Crippen LogP contribution in [0.3, 0.4) is 0 Å². The predicted octanol–water partition coefficient (Wildman–Crippen LogP) is 1.09. The average molecular weight is 335 g/mol. The van der Waals surface area contributed by atoms with E-state index in [9.17, 15) is 8.42 Å². The van der Waals surface area contributed by atoms with E-state index in [0.717, 1.165) is 32.4 Å². The monoisotopic (exact) mass is 334 g/mol. The highest BCUT2D eigenvalue weighted by Crippen LogP contribution is 2.29. The van der Waals surface area contributed by atoms with Crippen molar-refractivity contribution in [2.24, 2.45) is 5.92 Å². The second-order valence-electron chi connectivity index (χ2n) is 5.72. The fourth-order valence-corrected chi connectivity index (χ4v) is 5.08. The number of hydrogen-bond acceptors (Lipinski definition) is 4. The molecule has 3 saturated heterocycles. The van der Waals surface area contributed by atoms with E-state index in [0.29, 0.717) is 24.0 Å². The number of fused-ring (bicyclic) bond motifs is 4. The van der Waals surface area contributed by atoms with Crippen LogP contribution in [0.1, 0.15) is 26.2 Å². The minimum atomic E-state index is -3.43. The molecule has 8 heteroatoms. The fraction of sp³-hybridized carbons (Fsp3) is 0.769. The molecule has 2 atom stereocenters. The zero-order valence-corrected chi connectivity index (χ0v) is 13.9. The van der Waals surface area contributed by atoms with E-state index in [1.165, 1.54) is 0 Å². The molecule has 3 aliphatic rings. The zero-order valence-electron chi connectivity index (χ0n) is 12.2. The van der Waals surface area contributed by atoms with Gasteiger partial charge < -0.3 is 5.32 Å². The van der Waals surface area contributed by atoms with Crippen molar-refractivity contribution in [1.29, 1.82) is 0 Å². The summed E-state index contributed by atoms with van der Waals surface area (Å²) in [6, 6.07) is 1.71. The molecule has 1 aromatic heterocycles. The molecule has 1 aromatic rings. The van der Waals surface area contributed by atoms with Crippen LogP contribution in [0.4, 0.5) is 0 Å². The summed E-state index contributed by atoms with van der Waals surface area (Å²) >= 11 is 0. The van der Waals surface area contributed by atoms with Gasteiger partial charge in [0.2, 0.25) is 0 Å². The number of halogens is 1. The lowest BCUT2D eigenvalue weighted by Crippen LogP contribution is -2.47. The van der Waals surface area contributed by atoms with Crippen molar-refractivity contribution < 1.29 is 8.42 Å². The molecule has 6 nitrogen and oxygen atoms in total. The van der Waals surface area contributed by atoms with Crippen LogP contribution in [0.15, 0.2) is 17.3 Å². The van der Waals surface area contributed by atoms with Gasteiger partial charge in [0.15, 0.2) is 5.03 Å². The molecule has 3 aliphatic heterocycles. The maximum atomic E-state index is 12.9. The summed E-state index contributed by atoms with van der Waals surface area (Å²) in [7, 11) is -3.43.